The number of rotatable bonds is 6. The van der Waals surface area contributed by atoms with Crippen molar-refractivity contribution < 1.29 is 18.7 Å². The SMILES string of the molecule is COc1ccc(-c2nc3ccc(NC(=O)CNC(=O)c4ccccc4)cc3o2)cc1. The van der Waals surface area contributed by atoms with Crippen LogP contribution in [0.1, 0.15) is 10.4 Å². The number of amides is 2. The van der Waals surface area contributed by atoms with Gasteiger partial charge in [-0.25, -0.2) is 4.98 Å². The van der Waals surface area contributed by atoms with Gasteiger partial charge < -0.3 is 19.8 Å². The quantitative estimate of drug-likeness (QED) is 0.512. The van der Waals surface area contributed by atoms with E-state index in [2.05, 4.69) is 15.6 Å². The molecule has 1 aromatic heterocycles. The number of methoxy groups -OCH3 is 1. The van der Waals surface area contributed by atoms with Crippen LogP contribution >= 0.6 is 0 Å². The summed E-state index contributed by atoms with van der Waals surface area (Å²) in [4.78, 5) is 28.7. The van der Waals surface area contributed by atoms with E-state index in [-0.39, 0.29) is 18.4 Å². The zero-order valence-electron chi connectivity index (χ0n) is 16.2. The summed E-state index contributed by atoms with van der Waals surface area (Å²) in [5.74, 6) is 0.583. The first-order chi connectivity index (χ1) is 14.6. The Labute approximate surface area is 172 Å². The molecule has 4 aromatic rings. The van der Waals surface area contributed by atoms with Gasteiger partial charge in [-0.05, 0) is 48.5 Å². The molecular weight excluding hydrogens is 382 g/mol. The Hall–Kier alpha value is -4.13. The van der Waals surface area contributed by atoms with Gasteiger partial charge in [-0.15, -0.1) is 0 Å². The fraction of sp³-hybridized carbons (Fsp3) is 0.0870. The fourth-order valence-electron chi connectivity index (χ4n) is 2.92. The topological polar surface area (TPSA) is 93.5 Å². The lowest BCUT2D eigenvalue weighted by molar-refractivity contribution is -0.115. The second-order valence-corrected chi connectivity index (χ2v) is 6.53. The second kappa shape index (κ2) is 8.48. The first-order valence-electron chi connectivity index (χ1n) is 9.30. The molecule has 0 atom stereocenters. The largest absolute Gasteiger partial charge is 0.497 e. The molecule has 0 spiro atoms. The molecule has 0 aliphatic rings. The van der Waals surface area contributed by atoms with Gasteiger partial charge in [0, 0.05) is 22.9 Å². The number of oxazole rings is 1. The number of ether oxygens (including phenoxy) is 1. The first kappa shape index (κ1) is 19.2. The van der Waals surface area contributed by atoms with E-state index in [4.69, 9.17) is 9.15 Å². The molecule has 150 valence electrons. The Morgan fingerprint density at radius 1 is 1.00 bits per heavy atom. The summed E-state index contributed by atoms with van der Waals surface area (Å²) < 4.78 is 11.0. The highest BCUT2D eigenvalue weighted by Gasteiger charge is 2.11. The standard InChI is InChI=1S/C23H19N3O4/c1-29-18-10-7-16(8-11-18)23-26-19-12-9-17(13-20(19)30-23)25-21(27)14-24-22(28)15-5-3-2-4-6-15/h2-13H,14H2,1H3,(H,24,28)(H,25,27). The minimum Gasteiger partial charge on any atom is -0.497 e. The van der Waals surface area contributed by atoms with E-state index < -0.39 is 0 Å². The molecule has 0 radical (unpaired) electrons. The highest BCUT2D eigenvalue weighted by molar-refractivity contribution is 5.99. The van der Waals surface area contributed by atoms with Crippen molar-refractivity contribution in [3.8, 4) is 17.2 Å². The maximum atomic E-state index is 12.2. The molecule has 1 heterocycles. The number of anilines is 1. The van der Waals surface area contributed by atoms with Gasteiger partial charge in [-0.2, -0.15) is 0 Å². The number of benzene rings is 3. The summed E-state index contributed by atoms with van der Waals surface area (Å²) in [5.41, 5.74) is 3.10. The number of nitrogens with zero attached hydrogens (tertiary/aromatic N) is 1. The van der Waals surface area contributed by atoms with Crippen molar-refractivity contribution in [2.75, 3.05) is 19.0 Å². The van der Waals surface area contributed by atoms with Gasteiger partial charge in [-0.3, -0.25) is 9.59 Å². The molecule has 7 nitrogen and oxygen atoms in total. The third-order valence-corrected chi connectivity index (χ3v) is 4.45. The van der Waals surface area contributed by atoms with Gasteiger partial charge in [0.15, 0.2) is 5.58 Å². The van der Waals surface area contributed by atoms with Crippen LogP contribution in [-0.4, -0.2) is 30.5 Å². The lowest BCUT2D eigenvalue weighted by Gasteiger charge is -2.07. The zero-order valence-corrected chi connectivity index (χ0v) is 16.2. The molecule has 0 saturated carbocycles. The molecule has 7 heteroatoms. The summed E-state index contributed by atoms with van der Waals surface area (Å²) in [7, 11) is 1.61. The van der Waals surface area contributed by atoms with Crippen LogP contribution in [0.15, 0.2) is 77.2 Å². The maximum absolute atomic E-state index is 12.2. The van der Waals surface area contributed by atoms with Gasteiger partial charge >= 0.3 is 0 Å². The molecule has 0 aliphatic heterocycles. The molecule has 4 rings (SSSR count). The number of hydrogen-bond donors (Lipinski definition) is 2. The van der Waals surface area contributed by atoms with Crippen molar-refractivity contribution in [1.82, 2.24) is 10.3 Å². The van der Waals surface area contributed by atoms with Crippen molar-refractivity contribution in [3.05, 3.63) is 78.4 Å². The lowest BCUT2D eigenvalue weighted by Crippen LogP contribution is -2.32. The third-order valence-electron chi connectivity index (χ3n) is 4.45. The van der Waals surface area contributed by atoms with Gasteiger partial charge in [0.2, 0.25) is 11.8 Å². The summed E-state index contributed by atoms with van der Waals surface area (Å²) in [6.45, 7) is -0.140. The van der Waals surface area contributed by atoms with Crippen molar-refractivity contribution in [2.45, 2.75) is 0 Å². The van der Waals surface area contributed by atoms with Gasteiger partial charge in [-0.1, -0.05) is 18.2 Å². The molecule has 30 heavy (non-hydrogen) atoms. The first-order valence-corrected chi connectivity index (χ1v) is 9.30. The normalized spacial score (nSPS) is 10.6. The average Bonchev–Trinajstić information content (AvgIpc) is 3.21. The van der Waals surface area contributed by atoms with Crippen LogP contribution < -0.4 is 15.4 Å². The highest BCUT2D eigenvalue weighted by atomic mass is 16.5. The van der Waals surface area contributed by atoms with Crippen LogP contribution in [0.2, 0.25) is 0 Å². The summed E-state index contributed by atoms with van der Waals surface area (Å²) in [5, 5.41) is 5.34. The Morgan fingerprint density at radius 3 is 2.50 bits per heavy atom. The molecule has 3 aromatic carbocycles. The molecule has 0 aliphatic carbocycles. The minimum atomic E-state index is -0.339. The molecule has 0 unspecified atom stereocenters. The Kier molecular flexibility index (Phi) is 5.43. The average molecular weight is 401 g/mol. The predicted molar refractivity (Wildman–Crippen MR) is 113 cm³/mol. The number of carbonyl (C=O) groups excluding carboxylic acids is 2. The number of hydrogen-bond acceptors (Lipinski definition) is 5. The van der Waals surface area contributed by atoms with Gasteiger partial charge in [0.1, 0.15) is 11.3 Å². The van der Waals surface area contributed by atoms with E-state index >= 15 is 0 Å². The number of fused-ring (bicyclic) bond motifs is 1. The lowest BCUT2D eigenvalue weighted by atomic mass is 10.2. The van der Waals surface area contributed by atoms with Crippen LogP contribution in [0.4, 0.5) is 5.69 Å². The van der Waals surface area contributed by atoms with E-state index in [1.54, 1.807) is 49.6 Å². The summed E-state index contributed by atoms with van der Waals surface area (Å²) in [6.07, 6.45) is 0. The van der Waals surface area contributed by atoms with Crippen LogP contribution in [0.5, 0.6) is 5.75 Å². The minimum absolute atomic E-state index is 0.140. The van der Waals surface area contributed by atoms with Crippen molar-refractivity contribution in [1.29, 1.82) is 0 Å². The Morgan fingerprint density at radius 2 is 1.77 bits per heavy atom. The number of carbonyl (C=O) groups is 2. The zero-order chi connectivity index (χ0) is 20.9. The van der Waals surface area contributed by atoms with Crippen LogP contribution in [0.25, 0.3) is 22.6 Å². The van der Waals surface area contributed by atoms with Gasteiger partial charge in [0.05, 0.1) is 13.7 Å². The monoisotopic (exact) mass is 401 g/mol. The summed E-state index contributed by atoms with van der Waals surface area (Å²) in [6, 6.07) is 21.3. The van der Waals surface area contributed by atoms with Crippen LogP contribution in [0, 0.1) is 0 Å². The smallest absolute Gasteiger partial charge is 0.251 e. The van der Waals surface area contributed by atoms with E-state index in [1.807, 2.05) is 30.3 Å². The van der Waals surface area contributed by atoms with E-state index in [0.29, 0.717) is 28.2 Å². The fourth-order valence-corrected chi connectivity index (χ4v) is 2.92. The van der Waals surface area contributed by atoms with Gasteiger partial charge in [0.25, 0.3) is 5.91 Å². The van der Waals surface area contributed by atoms with Crippen molar-refractivity contribution in [3.63, 3.8) is 0 Å². The van der Waals surface area contributed by atoms with Crippen LogP contribution in [0.3, 0.4) is 0 Å². The third kappa shape index (κ3) is 4.30. The number of nitrogens with one attached hydrogen (secondary N) is 2. The van der Waals surface area contributed by atoms with E-state index in [9.17, 15) is 9.59 Å². The predicted octanol–water partition coefficient (Wildman–Crippen LogP) is 3.87. The van der Waals surface area contributed by atoms with Crippen LogP contribution in [-0.2, 0) is 4.79 Å². The molecule has 0 fully saturated rings. The highest BCUT2D eigenvalue weighted by Crippen LogP contribution is 2.27. The second-order valence-electron chi connectivity index (χ2n) is 6.53. The molecule has 0 bridgehead atoms. The maximum Gasteiger partial charge on any atom is 0.251 e. The van der Waals surface area contributed by atoms with Crippen molar-refractivity contribution >= 4 is 28.6 Å². The van der Waals surface area contributed by atoms with E-state index in [1.165, 1.54) is 0 Å². The number of aromatic nitrogens is 1. The molecule has 2 N–H and O–H groups in total. The van der Waals surface area contributed by atoms with Crippen molar-refractivity contribution in [2.24, 2.45) is 0 Å². The Balaban J connectivity index is 1.41. The molecule has 0 saturated heterocycles. The molecular formula is C23H19N3O4. The Bertz CT molecular complexity index is 1180. The molecule has 2 amide bonds. The van der Waals surface area contributed by atoms with E-state index in [0.717, 1.165) is 11.3 Å². The summed E-state index contributed by atoms with van der Waals surface area (Å²) >= 11 is 0.